The van der Waals surface area contributed by atoms with E-state index in [1.54, 1.807) is 31.3 Å². The van der Waals surface area contributed by atoms with Gasteiger partial charge in [-0.1, -0.05) is 109 Å². The van der Waals surface area contributed by atoms with Crippen LogP contribution in [-0.4, -0.2) is 90.8 Å². The lowest BCUT2D eigenvalue weighted by Crippen LogP contribution is -2.39. The molecule has 2 N–H and O–H groups in total. The summed E-state index contributed by atoms with van der Waals surface area (Å²) in [6.07, 6.45) is 7.16. The van der Waals surface area contributed by atoms with Crippen molar-refractivity contribution in [2.75, 3.05) is 37.8 Å². The van der Waals surface area contributed by atoms with Crippen LogP contribution in [0.2, 0.25) is 0 Å². The van der Waals surface area contributed by atoms with Gasteiger partial charge in [0.25, 0.3) is 0 Å². The normalized spacial score (nSPS) is 11.7. The average molecular weight is 1040 g/mol. The second-order valence-electron chi connectivity index (χ2n) is 15.4. The molecule has 0 atom stereocenters. The molecule has 0 bridgehead atoms. The van der Waals surface area contributed by atoms with Crippen LogP contribution in [0.25, 0.3) is 0 Å². The van der Waals surface area contributed by atoms with Crippen LogP contribution in [0, 0.1) is 13.8 Å². The monoisotopic (exact) mass is 1040 g/mol. The minimum atomic E-state index is -0.434. The van der Waals surface area contributed by atoms with Gasteiger partial charge in [0, 0.05) is 51.4 Å². The number of carbonyl (C=O) groups excluding carboxylic acids is 5. The van der Waals surface area contributed by atoms with Crippen molar-refractivity contribution in [3.63, 3.8) is 0 Å². The Hall–Kier alpha value is -9.05. The first kappa shape index (κ1) is 66.0. The number of carbonyl (C=O) groups is 4. The predicted molar refractivity (Wildman–Crippen MR) is 315 cm³/mol. The first-order chi connectivity index (χ1) is 37.5. The first-order valence-electron chi connectivity index (χ1n) is 25.8. The first-order valence-corrected chi connectivity index (χ1v) is 25.8. The summed E-state index contributed by atoms with van der Waals surface area (Å²) in [5.74, 6) is 1.99. The van der Waals surface area contributed by atoms with Crippen molar-refractivity contribution in [3.8, 4) is 0 Å². The Kier molecular flexibility index (Phi) is 35.4. The van der Waals surface area contributed by atoms with E-state index in [1.165, 1.54) is 22.9 Å². The van der Waals surface area contributed by atoms with Crippen LogP contribution in [0.5, 0.6) is 0 Å². The standard InChI is InChI=1S/C29H34N6O4.C20H14N4.C3H5N.C2H3NO.3C2H6/c1-20-11-13-22(17-24(20)32-28(38)34-15-7-3-5-9-26(34)36)30-19-31-23-14-12-21(2)25(18-23)33-29(39)35-16-8-4-6-10-27(35)37;1-3-8-17(9-4-1)21-15-23-19-12-7-13-20(14-19)24-16-22-18-10-5-2-6-11-18;1-3-4-2;1-3-2-4;3*1-2/h11-14,17-18H,3-10,15-16H2,1-2H3,(H,32,38)(H,33,39);1-14H;1H2,2H3;1H3;3*1-2H3. The number of urea groups is 2. The fraction of sp³-hybridized carbons (Fsp3) is 0.333. The third-order valence-electron chi connectivity index (χ3n) is 10.2. The van der Waals surface area contributed by atoms with Crippen molar-refractivity contribution < 1.29 is 24.0 Å². The molecule has 77 heavy (non-hydrogen) atoms. The van der Waals surface area contributed by atoms with E-state index in [9.17, 15) is 19.2 Å². The molecular formula is C60H74N12O5. The van der Waals surface area contributed by atoms with Crippen LogP contribution in [-0.2, 0) is 14.4 Å². The summed E-state index contributed by atoms with van der Waals surface area (Å²) in [6.45, 7) is 19.8. The Morgan fingerprint density at radius 3 is 1.13 bits per heavy atom. The maximum Gasteiger partial charge on any atom is 0.328 e. The zero-order valence-corrected chi connectivity index (χ0v) is 46.3. The van der Waals surface area contributed by atoms with Gasteiger partial charge in [0.2, 0.25) is 17.9 Å². The van der Waals surface area contributed by atoms with Crippen LogP contribution in [0.15, 0.2) is 168 Å². The highest BCUT2D eigenvalue weighted by atomic mass is 16.2. The van der Waals surface area contributed by atoms with Gasteiger partial charge in [-0.15, -0.1) is 0 Å². The summed E-state index contributed by atoms with van der Waals surface area (Å²) >= 11 is 0. The van der Waals surface area contributed by atoms with Gasteiger partial charge in [0.05, 0.1) is 34.1 Å². The molecule has 5 aromatic carbocycles. The maximum atomic E-state index is 12.7. The van der Waals surface area contributed by atoms with E-state index in [1.807, 2.05) is 152 Å². The van der Waals surface area contributed by atoms with Gasteiger partial charge in [-0.25, -0.2) is 24.4 Å². The molecule has 0 saturated carbocycles. The van der Waals surface area contributed by atoms with E-state index in [4.69, 9.17) is 4.79 Å². The summed E-state index contributed by atoms with van der Waals surface area (Å²) in [6, 6.07) is 44.3. The molecule has 2 aliphatic rings. The minimum Gasteiger partial charge on any atom is -0.307 e. The van der Waals surface area contributed by atoms with Gasteiger partial charge >= 0.3 is 12.1 Å². The number of isocyanates is 1. The number of imide groups is 2. The van der Waals surface area contributed by atoms with Crippen molar-refractivity contribution >= 4 is 99.4 Å². The molecule has 2 fully saturated rings. The van der Waals surface area contributed by atoms with Gasteiger partial charge in [-0.05, 0) is 130 Å². The number of benzene rings is 5. The van der Waals surface area contributed by atoms with E-state index in [2.05, 4.69) is 81.0 Å². The number of anilines is 2. The summed E-state index contributed by atoms with van der Waals surface area (Å²) in [5.41, 5.74) is 6.91. The molecule has 7 rings (SSSR count). The zero-order valence-electron chi connectivity index (χ0n) is 46.3. The van der Waals surface area contributed by atoms with E-state index in [0.717, 1.165) is 72.4 Å². The number of aryl methyl sites for hydroxylation is 2. The van der Waals surface area contributed by atoms with E-state index < -0.39 is 12.1 Å². The van der Waals surface area contributed by atoms with Gasteiger partial charge in [-0.3, -0.25) is 19.4 Å². The minimum absolute atomic E-state index is 0.157. The predicted octanol–water partition coefficient (Wildman–Crippen LogP) is 15.8. The van der Waals surface area contributed by atoms with Crippen LogP contribution in [0.3, 0.4) is 0 Å². The van der Waals surface area contributed by atoms with E-state index in [0.29, 0.717) is 48.7 Å². The molecule has 17 heteroatoms. The number of para-hydroxylation sites is 2. The third-order valence-corrected chi connectivity index (χ3v) is 10.2. The lowest BCUT2D eigenvalue weighted by molar-refractivity contribution is -0.128. The second kappa shape index (κ2) is 41.3. The summed E-state index contributed by atoms with van der Waals surface area (Å²) in [7, 11) is 3.01. The lowest BCUT2D eigenvalue weighted by atomic mass is 10.2. The molecule has 17 nitrogen and oxygen atoms in total. The number of rotatable bonds is 8. The fourth-order valence-electron chi connectivity index (χ4n) is 6.45. The Balaban J connectivity index is 0.000000661. The number of likely N-dealkylation sites (tertiary alicyclic amines) is 2. The molecule has 0 aromatic heterocycles. The largest absolute Gasteiger partial charge is 0.328 e. The smallest absolute Gasteiger partial charge is 0.307 e. The zero-order chi connectivity index (χ0) is 57.1. The van der Waals surface area contributed by atoms with Crippen molar-refractivity contribution in [2.45, 2.75) is 107 Å². The molecule has 0 radical (unpaired) electrons. The highest BCUT2D eigenvalue weighted by molar-refractivity contribution is 6.02. The summed E-state index contributed by atoms with van der Waals surface area (Å²) in [5, 5.41) is 5.66. The molecule has 404 valence electrons. The molecule has 0 unspecified atom stereocenters. The number of nitrogens with zero attached hydrogens (tertiary/aromatic N) is 10. The lowest BCUT2D eigenvalue weighted by Gasteiger charge is -2.20. The average Bonchev–Trinajstić information content (AvgIpc) is 3.84. The molecule has 2 saturated heterocycles. The third kappa shape index (κ3) is 26.6. The molecule has 0 spiro atoms. The van der Waals surface area contributed by atoms with Crippen molar-refractivity contribution in [3.05, 3.63) is 139 Å². The number of nitrogens with one attached hydrogen (secondary N) is 2. The quantitative estimate of drug-likeness (QED) is 0.114. The van der Waals surface area contributed by atoms with E-state index >= 15 is 0 Å². The van der Waals surface area contributed by atoms with Crippen LogP contribution >= 0.6 is 0 Å². The molecule has 2 heterocycles. The number of hydrogen-bond acceptors (Lipinski definition) is 13. The molecular weight excluding hydrogens is 969 g/mol. The number of aliphatic imine (C=N–C) groups is 8. The fourth-order valence-corrected chi connectivity index (χ4v) is 6.45. The van der Waals surface area contributed by atoms with Crippen LogP contribution < -0.4 is 10.6 Å². The van der Waals surface area contributed by atoms with Crippen LogP contribution in [0.1, 0.15) is 104 Å². The molecule has 2 aliphatic heterocycles. The topological polar surface area (TPSA) is 215 Å². The Bertz CT molecular complexity index is 2700. The Morgan fingerprint density at radius 2 is 0.792 bits per heavy atom. The summed E-state index contributed by atoms with van der Waals surface area (Å²) in [4.78, 5) is 93.0. The second-order valence-corrected chi connectivity index (χ2v) is 15.4. The molecule has 0 aliphatic carbocycles. The van der Waals surface area contributed by atoms with Gasteiger partial charge < -0.3 is 10.6 Å². The number of hydrogen-bond donors (Lipinski definition) is 2. The van der Waals surface area contributed by atoms with Gasteiger partial charge in [0.15, 0.2) is 0 Å². The molecule has 6 amide bonds. The molecule has 5 aromatic rings. The van der Waals surface area contributed by atoms with Crippen molar-refractivity contribution in [1.82, 2.24) is 9.80 Å². The highest BCUT2D eigenvalue weighted by Gasteiger charge is 2.24. The van der Waals surface area contributed by atoms with Gasteiger partial charge in [-0.2, -0.15) is 30.0 Å². The SMILES string of the molecule is C(=Nc1ccccc1)=Nc1cccc(N=C=Nc2ccccc2)c1.C=C=NC.CC.CC.CC.CN=C=O.Cc1ccc(N=C=Nc2ccc(C)c(NC(=O)N3CCCCCC3=O)c2)cc1NC(=O)N1CCCCCC1=O. The van der Waals surface area contributed by atoms with Gasteiger partial charge in [0.1, 0.15) is 18.0 Å². The Labute approximate surface area is 455 Å². The van der Waals surface area contributed by atoms with Crippen molar-refractivity contribution in [1.29, 1.82) is 0 Å². The van der Waals surface area contributed by atoms with Crippen molar-refractivity contribution in [2.24, 2.45) is 39.9 Å². The summed E-state index contributed by atoms with van der Waals surface area (Å²) < 4.78 is 0. The van der Waals surface area contributed by atoms with E-state index in [-0.39, 0.29) is 11.8 Å². The Morgan fingerprint density at radius 1 is 0.468 bits per heavy atom. The van der Waals surface area contributed by atoms with Crippen LogP contribution in [0.4, 0.5) is 55.1 Å². The highest BCUT2D eigenvalue weighted by Crippen LogP contribution is 2.26. The maximum absolute atomic E-state index is 12.7. The number of amides is 6.